The van der Waals surface area contributed by atoms with Crippen LogP contribution >= 0.6 is 0 Å². The number of para-hydroxylation sites is 1. The van der Waals surface area contributed by atoms with Crippen LogP contribution in [0.4, 0.5) is 0 Å². The zero-order valence-corrected chi connectivity index (χ0v) is 12.6. The van der Waals surface area contributed by atoms with E-state index in [9.17, 15) is 4.79 Å². The molecular formula is C18H18N2O2. The number of aryl methyl sites for hydroxylation is 1. The highest BCUT2D eigenvalue weighted by molar-refractivity contribution is 6.08. The Morgan fingerprint density at radius 1 is 1.14 bits per heavy atom. The van der Waals surface area contributed by atoms with Gasteiger partial charge in [0.05, 0.1) is 12.7 Å². The molecule has 0 saturated heterocycles. The van der Waals surface area contributed by atoms with Crippen molar-refractivity contribution in [2.75, 3.05) is 7.11 Å². The molecule has 0 aliphatic rings. The summed E-state index contributed by atoms with van der Waals surface area (Å²) in [6.07, 6.45) is 0. The zero-order valence-electron chi connectivity index (χ0n) is 12.6. The van der Waals surface area contributed by atoms with Gasteiger partial charge in [0.1, 0.15) is 5.75 Å². The van der Waals surface area contributed by atoms with Gasteiger partial charge < -0.3 is 15.0 Å². The molecule has 0 bridgehead atoms. The molecule has 2 aromatic carbocycles. The fourth-order valence-electron chi connectivity index (χ4n) is 2.58. The van der Waals surface area contributed by atoms with E-state index in [-0.39, 0.29) is 5.91 Å². The quantitative estimate of drug-likeness (QED) is 0.774. The molecule has 0 unspecified atom stereocenters. The van der Waals surface area contributed by atoms with Gasteiger partial charge in [-0.3, -0.25) is 4.79 Å². The molecule has 1 aromatic heterocycles. The van der Waals surface area contributed by atoms with Crippen LogP contribution in [-0.2, 0) is 6.54 Å². The predicted octanol–water partition coefficient (Wildman–Crippen LogP) is 3.41. The molecule has 0 spiro atoms. The van der Waals surface area contributed by atoms with Gasteiger partial charge in [0.2, 0.25) is 0 Å². The fraction of sp³-hybridized carbons (Fsp3) is 0.167. The zero-order chi connectivity index (χ0) is 15.5. The van der Waals surface area contributed by atoms with Crippen molar-refractivity contribution in [1.82, 2.24) is 10.3 Å². The van der Waals surface area contributed by atoms with Crippen LogP contribution in [0, 0.1) is 6.92 Å². The van der Waals surface area contributed by atoms with Gasteiger partial charge in [0, 0.05) is 23.1 Å². The molecule has 1 heterocycles. The lowest BCUT2D eigenvalue weighted by atomic mass is 10.1. The SMILES string of the molecule is COc1ccc(CNC(=O)c2c(C)[nH]c3ccccc23)cc1. The maximum atomic E-state index is 12.5. The smallest absolute Gasteiger partial charge is 0.253 e. The topological polar surface area (TPSA) is 54.1 Å². The van der Waals surface area contributed by atoms with Crippen LogP contribution in [0.5, 0.6) is 5.75 Å². The van der Waals surface area contributed by atoms with Crippen molar-refractivity contribution < 1.29 is 9.53 Å². The summed E-state index contributed by atoms with van der Waals surface area (Å²) in [6, 6.07) is 15.5. The predicted molar refractivity (Wildman–Crippen MR) is 87.2 cm³/mol. The van der Waals surface area contributed by atoms with Crippen LogP contribution in [0.25, 0.3) is 10.9 Å². The number of rotatable bonds is 4. The number of methoxy groups -OCH3 is 1. The maximum Gasteiger partial charge on any atom is 0.253 e. The van der Waals surface area contributed by atoms with E-state index in [0.717, 1.165) is 27.9 Å². The highest BCUT2D eigenvalue weighted by Crippen LogP contribution is 2.21. The second-order valence-corrected chi connectivity index (χ2v) is 5.20. The van der Waals surface area contributed by atoms with Crippen molar-refractivity contribution in [2.45, 2.75) is 13.5 Å². The van der Waals surface area contributed by atoms with E-state index in [1.807, 2.05) is 55.5 Å². The summed E-state index contributed by atoms with van der Waals surface area (Å²) in [5.41, 5.74) is 3.61. The number of carbonyl (C=O) groups is 1. The minimum atomic E-state index is -0.0641. The third-order valence-corrected chi connectivity index (χ3v) is 3.73. The molecule has 0 aliphatic carbocycles. The summed E-state index contributed by atoms with van der Waals surface area (Å²) in [6.45, 7) is 2.41. The number of carbonyl (C=O) groups excluding carboxylic acids is 1. The molecule has 1 amide bonds. The summed E-state index contributed by atoms with van der Waals surface area (Å²) < 4.78 is 5.13. The highest BCUT2D eigenvalue weighted by Gasteiger charge is 2.15. The first-order valence-corrected chi connectivity index (χ1v) is 7.17. The van der Waals surface area contributed by atoms with Gasteiger partial charge in [0.15, 0.2) is 0 Å². The van der Waals surface area contributed by atoms with Gasteiger partial charge in [-0.2, -0.15) is 0 Å². The normalized spacial score (nSPS) is 10.6. The lowest BCUT2D eigenvalue weighted by Crippen LogP contribution is -2.23. The molecule has 3 rings (SSSR count). The molecule has 3 aromatic rings. The average Bonchev–Trinajstić information content (AvgIpc) is 2.89. The number of fused-ring (bicyclic) bond motifs is 1. The minimum Gasteiger partial charge on any atom is -0.497 e. The molecule has 0 saturated carbocycles. The molecule has 112 valence electrons. The molecule has 0 atom stereocenters. The third kappa shape index (κ3) is 2.68. The molecule has 0 aliphatic heterocycles. The van der Waals surface area contributed by atoms with E-state index in [1.54, 1.807) is 7.11 Å². The largest absolute Gasteiger partial charge is 0.497 e. The monoisotopic (exact) mass is 294 g/mol. The second kappa shape index (κ2) is 5.93. The van der Waals surface area contributed by atoms with Crippen LogP contribution in [0.15, 0.2) is 48.5 Å². The Hall–Kier alpha value is -2.75. The Balaban J connectivity index is 1.77. The number of benzene rings is 2. The van der Waals surface area contributed by atoms with Gasteiger partial charge in [0.25, 0.3) is 5.91 Å². The van der Waals surface area contributed by atoms with Crippen molar-refractivity contribution in [3.8, 4) is 5.75 Å². The molecule has 4 nitrogen and oxygen atoms in total. The van der Waals surface area contributed by atoms with Crippen LogP contribution in [0.1, 0.15) is 21.6 Å². The molecule has 0 radical (unpaired) electrons. The van der Waals surface area contributed by atoms with Crippen molar-refractivity contribution >= 4 is 16.8 Å². The number of aromatic amines is 1. The lowest BCUT2D eigenvalue weighted by molar-refractivity contribution is 0.0952. The second-order valence-electron chi connectivity index (χ2n) is 5.20. The third-order valence-electron chi connectivity index (χ3n) is 3.73. The molecule has 0 fully saturated rings. The molecule has 4 heteroatoms. The molecule has 2 N–H and O–H groups in total. The average molecular weight is 294 g/mol. The lowest BCUT2D eigenvalue weighted by Gasteiger charge is -2.07. The summed E-state index contributed by atoms with van der Waals surface area (Å²) in [7, 11) is 1.64. The number of hydrogen-bond acceptors (Lipinski definition) is 2. The van der Waals surface area contributed by atoms with Gasteiger partial charge >= 0.3 is 0 Å². The Labute approximate surface area is 129 Å². The van der Waals surface area contributed by atoms with E-state index >= 15 is 0 Å². The number of H-pyrrole nitrogens is 1. The summed E-state index contributed by atoms with van der Waals surface area (Å²) in [4.78, 5) is 15.7. The fourth-order valence-corrected chi connectivity index (χ4v) is 2.58. The standard InChI is InChI=1S/C18H18N2O2/c1-12-17(15-5-3-4-6-16(15)20-12)18(21)19-11-13-7-9-14(22-2)10-8-13/h3-10,20H,11H2,1-2H3,(H,19,21). The van der Waals surface area contributed by atoms with Gasteiger partial charge in [-0.15, -0.1) is 0 Å². The van der Waals surface area contributed by atoms with Gasteiger partial charge in [-0.1, -0.05) is 30.3 Å². The molecular weight excluding hydrogens is 276 g/mol. The van der Waals surface area contributed by atoms with Crippen LogP contribution < -0.4 is 10.1 Å². The van der Waals surface area contributed by atoms with E-state index in [2.05, 4.69) is 10.3 Å². The van der Waals surface area contributed by atoms with E-state index in [0.29, 0.717) is 12.1 Å². The van der Waals surface area contributed by atoms with Crippen LogP contribution in [0.2, 0.25) is 0 Å². The Morgan fingerprint density at radius 3 is 2.59 bits per heavy atom. The summed E-state index contributed by atoms with van der Waals surface area (Å²) in [5, 5.41) is 3.92. The Bertz CT molecular complexity index is 804. The van der Waals surface area contributed by atoms with Crippen LogP contribution in [-0.4, -0.2) is 18.0 Å². The number of amides is 1. The number of ether oxygens (including phenoxy) is 1. The minimum absolute atomic E-state index is 0.0641. The van der Waals surface area contributed by atoms with Gasteiger partial charge in [-0.05, 0) is 30.7 Å². The number of aromatic nitrogens is 1. The van der Waals surface area contributed by atoms with E-state index in [4.69, 9.17) is 4.74 Å². The molecule has 22 heavy (non-hydrogen) atoms. The highest BCUT2D eigenvalue weighted by atomic mass is 16.5. The summed E-state index contributed by atoms with van der Waals surface area (Å²) >= 11 is 0. The van der Waals surface area contributed by atoms with E-state index < -0.39 is 0 Å². The van der Waals surface area contributed by atoms with Crippen molar-refractivity contribution in [3.63, 3.8) is 0 Å². The Morgan fingerprint density at radius 2 is 1.86 bits per heavy atom. The Kier molecular flexibility index (Phi) is 3.83. The van der Waals surface area contributed by atoms with Gasteiger partial charge in [-0.25, -0.2) is 0 Å². The van der Waals surface area contributed by atoms with Crippen LogP contribution in [0.3, 0.4) is 0 Å². The number of nitrogens with one attached hydrogen (secondary N) is 2. The van der Waals surface area contributed by atoms with Crippen molar-refractivity contribution in [1.29, 1.82) is 0 Å². The van der Waals surface area contributed by atoms with E-state index in [1.165, 1.54) is 0 Å². The first-order chi connectivity index (χ1) is 10.7. The first-order valence-electron chi connectivity index (χ1n) is 7.17. The van der Waals surface area contributed by atoms with Crippen molar-refractivity contribution in [2.24, 2.45) is 0 Å². The summed E-state index contributed by atoms with van der Waals surface area (Å²) in [5.74, 6) is 0.744. The maximum absolute atomic E-state index is 12.5. The van der Waals surface area contributed by atoms with Crippen molar-refractivity contribution in [3.05, 3.63) is 65.4 Å². The first kappa shape index (κ1) is 14.2. The number of hydrogen-bond donors (Lipinski definition) is 2.